The van der Waals surface area contributed by atoms with Crippen molar-refractivity contribution in [3.8, 4) is 0 Å². The minimum Gasteiger partial charge on any atom is -0.351 e. The van der Waals surface area contributed by atoms with Crippen LogP contribution in [0.25, 0.3) is 10.9 Å². The summed E-state index contributed by atoms with van der Waals surface area (Å²) in [6.45, 7) is 0. The zero-order valence-corrected chi connectivity index (χ0v) is 20.5. The van der Waals surface area contributed by atoms with Crippen LogP contribution in [0.5, 0.6) is 0 Å². The number of aromatic nitrogens is 1. The molecule has 1 aromatic heterocycles. The SMILES string of the molecule is O=C(c1[nH]c2ccccc2c1SC1CCCCC1)C1CCCCC(Cc2ccccc2)CC1. The van der Waals surface area contributed by atoms with Crippen LogP contribution in [0.4, 0.5) is 0 Å². The molecule has 0 spiro atoms. The number of carbonyl (C=O) groups excluding carboxylic acids is 1. The summed E-state index contributed by atoms with van der Waals surface area (Å²) in [6, 6.07) is 19.4. The minimum atomic E-state index is 0.155. The van der Waals surface area contributed by atoms with Crippen LogP contribution in [0.2, 0.25) is 0 Å². The molecule has 1 N–H and O–H groups in total. The van der Waals surface area contributed by atoms with Gasteiger partial charge in [-0.2, -0.15) is 0 Å². The van der Waals surface area contributed by atoms with Crippen LogP contribution in [0, 0.1) is 11.8 Å². The lowest BCUT2D eigenvalue weighted by molar-refractivity contribution is 0.0884. The van der Waals surface area contributed by atoms with Gasteiger partial charge in [0.05, 0.1) is 5.69 Å². The molecule has 2 nitrogen and oxygen atoms in total. The summed E-state index contributed by atoms with van der Waals surface area (Å²) in [6.07, 6.45) is 14.7. The Morgan fingerprint density at radius 1 is 0.788 bits per heavy atom. The van der Waals surface area contributed by atoms with E-state index in [1.165, 1.54) is 67.2 Å². The minimum absolute atomic E-state index is 0.155. The molecule has 2 saturated carbocycles. The molecule has 2 aliphatic rings. The fraction of sp³-hybridized carbons (Fsp3) is 0.500. The molecule has 2 atom stereocenters. The van der Waals surface area contributed by atoms with E-state index in [1.54, 1.807) is 0 Å². The molecule has 5 rings (SSSR count). The summed E-state index contributed by atoms with van der Waals surface area (Å²) in [5.41, 5.74) is 3.46. The van der Waals surface area contributed by atoms with Gasteiger partial charge in [0.25, 0.3) is 0 Å². The number of benzene rings is 2. The van der Waals surface area contributed by atoms with Crippen molar-refractivity contribution in [2.24, 2.45) is 11.8 Å². The number of hydrogen-bond donors (Lipinski definition) is 1. The normalized spacial score (nSPS) is 22.7. The maximum atomic E-state index is 13.9. The first-order valence-corrected chi connectivity index (χ1v) is 14.0. The molecule has 33 heavy (non-hydrogen) atoms. The topological polar surface area (TPSA) is 32.9 Å². The zero-order chi connectivity index (χ0) is 22.5. The third-order valence-electron chi connectivity index (χ3n) is 7.82. The van der Waals surface area contributed by atoms with Crippen molar-refractivity contribution < 1.29 is 4.79 Å². The lowest BCUT2D eigenvalue weighted by Crippen LogP contribution is -2.20. The number of ketones is 1. The first kappa shape index (κ1) is 22.8. The van der Waals surface area contributed by atoms with Crippen molar-refractivity contribution in [2.45, 2.75) is 87.2 Å². The Balaban J connectivity index is 1.34. The molecule has 2 fully saturated rings. The van der Waals surface area contributed by atoms with Crippen LogP contribution in [-0.2, 0) is 6.42 Å². The predicted molar refractivity (Wildman–Crippen MR) is 140 cm³/mol. The molecular weight excluding hydrogens is 422 g/mol. The van der Waals surface area contributed by atoms with Gasteiger partial charge >= 0.3 is 0 Å². The first-order chi connectivity index (χ1) is 16.3. The van der Waals surface area contributed by atoms with Gasteiger partial charge in [0.15, 0.2) is 5.78 Å². The molecule has 2 unspecified atom stereocenters. The zero-order valence-electron chi connectivity index (χ0n) is 19.7. The monoisotopic (exact) mass is 459 g/mol. The smallest absolute Gasteiger partial charge is 0.183 e. The maximum absolute atomic E-state index is 13.9. The van der Waals surface area contributed by atoms with Crippen LogP contribution in [0.3, 0.4) is 0 Å². The van der Waals surface area contributed by atoms with E-state index in [1.807, 2.05) is 11.8 Å². The highest BCUT2D eigenvalue weighted by Crippen LogP contribution is 2.41. The van der Waals surface area contributed by atoms with Gasteiger partial charge < -0.3 is 4.98 Å². The number of hydrogen-bond acceptors (Lipinski definition) is 2. The quantitative estimate of drug-likeness (QED) is 0.374. The van der Waals surface area contributed by atoms with Gasteiger partial charge in [-0.1, -0.05) is 87.1 Å². The summed E-state index contributed by atoms with van der Waals surface area (Å²) in [7, 11) is 0. The molecule has 2 aromatic carbocycles. The Bertz CT molecular complexity index is 1050. The Hall–Kier alpha value is -2.00. The predicted octanol–water partition coefficient (Wildman–Crippen LogP) is 8.60. The standard InChI is InChI=1S/C30H37NOS/c32-29(24-14-8-7-13-23(19-20-24)21-22-11-3-1-4-12-22)28-30(33-25-15-5-2-6-16-25)26-17-9-10-18-27(26)31-28/h1,3-4,9-12,17-18,23-25,31H,2,5-8,13-16,19-21H2. The number of carbonyl (C=O) groups is 1. The highest BCUT2D eigenvalue weighted by atomic mass is 32.2. The van der Waals surface area contributed by atoms with E-state index >= 15 is 0 Å². The highest BCUT2D eigenvalue weighted by molar-refractivity contribution is 8.00. The summed E-state index contributed by atoms with van der Waals surface area (Å²) >= 11 is 1.98. The number of rotatable bonds is 6. The molecule has 0 saturated heterocycles. The van der Waals surface area contributed by atoms with E-state index in [0.717, 1.165) is 36.9 Å². The molecule has 0 amide bonds. The van der Waals surface area contributed by atoms with Crippen molar-refractivity contribution in [1.29, 1.82) is 0 Å². The number of Topliss-reactive ketones (excluding diaryl/α,β-unsaturated/α-hetero) is 1. The van der Waals surface area contributed by atoms with E-state index in [-0.39, 0.29) is 5.92 Å². The lowest BCUT2D eigenvalue weighted by atomic mass is 9.80. The molecule has 0 aliphatic heterocycles. The van der Waals surface area contributed by atoms with Crippen molar-refractivity contribution in [2.75, 3.05) is 0 Å². The number of fused-ring (bicyclic) bond motifs is 1. The number of nitrogens with one attached hydrogen (secondary N) is 1. The van der Waals surface area contributed by atoms with E-state index in [2.05, 4.69) is 59.6 Å². The van der Waals surface area contributed by atoms with Gasteiger partial charge in [-0.3, -0.25) is 4.79 Å². The summed E-state index contributed by atoms with van der Waals surface area (Å²) in [5, 5.41) is 1.89. The second-order valence-electron chi connectivity index (χ2n) is 10.2. The van der Waals surface area contributed by atoms with Crippen LogP contribution in [0.15, 0.2) is 59.5 Å². The van der Waals surface area contributed by atoms with Gasteiger partial charge in [-0.15, -0.1) is 11.8 Å². The van der Waals surface area contributed by atoms with E-state index in [4.69, 9.17) is 0 Å². The van der Waals surface area contributed by atoms with Crippen molar-refractivity contribution in [3.05, 3.63) is 65.9 Å². The maximum Gasteiger partial charge on any atom is 0.183 e. The third-order valence-corrected chi connectivity index (χ3v) is 9.28. The van der Waals surface area contributed by atoms with Gasteiger partial charge in [-0.25, -0.2) is 0 Å². The van der Waals surface area contributed by atoms with Crippen LogP contribution >= 0.6 is 11.8 Å². The van der Waals surface area contributed by atoms with Gasteiger partial charge in [-0.05, 0) is 56.1 Å². The number of para-hydroxylation sites is 1. The molecule has 1 heterocycles. The average molecular weight is 460 g/mol. The van der Waals surface area contributed by atoms with E-state index in [9.17, 15) is 4.79 Å². The molecule has 3 aromatic rings. The highest BCUT2D eigenvalue weighted by Gasteiger charge is 2.29. The van der Waals surface area contributed by atoms with Gasteiger partial charge in [0.2, 0.25) is 0 Å². The second-order valence-corrected chi connectivity index (χ2v) is 11.5. The largest absolute Gasteiger partial charge is 0.351 e. The van der Waals surface area contributed by atoms with E-state index < -0.39 is 0 Å². The van der Waals surface area contributed by atoms with Gasteiger partial charge in [0, 0.05) is 27.0 Å². The number of H-pyrrole nitrogens is 1. The Morgan fingerprint density at radius 2 is 1.52 bits per heavy atom. The van der Waals surface area contributed by atoms with Crippen LogP contribution in [-0.4, -0.2) is 16.0 Å². The molecule has 0 radical (unpaired) electrons. The molecule has 174 valence electrons. The van der Waals surface area contributed by atoms with Crippen molar-refractivity contribution in [1.82, 2.24) is 4.98 Å². The second kappa shape index (κ2) is 11.0. The van der Waals surface area contributed by atoms with Gasteiger partial charge in [0.1, 0.15) is 0 Å². The Morgan fingerprint density at radius 3 is 2.36 bits per heavy atom. The average Bonchev–Trinajstić information content (AvgIpc) is 3.20. The summed E-state index contributed by atoms with van der Waals surface area (Å²) in [4.78, 5) is 18.7. The van der Waals surface area contributed by atoms with E-state index in [0.29, 0.717) is 17.0 Å². The number of thioether (sulfide) groups is 1. The molecule has 2 aliphatic carbocycles. The molecule has 3 heteroatoms. The number of aromatic amines is 1. The molecular formula is C30H37NOS. The Labute approximate surface area is 202 Å². The molecule has 0 bridgehead atoms. The summed E-state index contributed by atoms with van der Waals surface area (Å²) < 4.78 is 0. The lowest BCUT2D eigenvalue weighted by Gasteiger charge is -2.25. The van der Waals surface area contributed by atoms with Crippen LogP contribution in [0.1, 0.15) is 86.7 Å². The van der Waals surface area contributed by atoms with Crippen molar-refractivity contribution in [3.63, 3.8) is 0 Å². The van der Waals surface area contributed by atoms with Crippen LogP contribution < -0.4 is 0 Å². The van der Waals surface area contributed by atoms with Crippen molar-refractivity contribution >= 4 is 28.4 Å². The summed E-state index contributed by atoms with van der Waals surface area (Å²) in [5.74, 6) is 1.22. The fourth-order valence-corrected chi connectivity index (χ4v) is 7.41. The fourth-order valence-electron chi connectivity index (χ4n) is 5.93. The first-order valence-electron chi connectivity index (χ1n) is 13.1. The Kier molecular flexibility index (Phi) is 7.56. The third kappa shape index (κ3) is 5.57.